The number of rotatable bonds is 11. The van der Waals surface area contributed by atoms with E-state index in [1.165, 1.54) is 19.3 Å². The average molecular weight is 528 g/mol. The Bertz CT molecular complexity index is 1410. The van der Waals surface area contributed by atoms with Gasteiger partial charge in [0, 0.05) is 11.6 Å². The van der Waals surface area contributed by atoms with E-state index in [9.17, 15) is 9.90 Å². The van der Waals surface area contributed by atoms with Crippen molar-refractivity contribution in [3.8, 4) is 28.6 Å². The highest BCUT2D eigenvalue weighted by atomic mass is 16.5. The topological polar surface area (TPSA) is 99.6 Å². The van der Waals surface area contributed by atoms with Crippen LogP contribution in [0.15, 0.2) is 66.7 Å². The highest BCUT2D eigenvalue weighted by molar-refractivity contribution is 5.93. The number of carboxylic acids is 1. The third-order valence-corrected chi connectivity index (χ3v) is 7.69. The van der Waals surface area contributed by atoms with Crippen molar-refractivity contribution in [1.29, 1.82) is 0 Å². The lowest BCUT2D eigenvalue weighted by Crippen LogP contribution is -2.15. The molecule has 39 heavy (non-hydrogen) atoms. The molecule has 7 nitrogen and oxygen atoms in total. The maximum absolute atomic E-state index is 11.6. The predicted molar refractivity (Wildman–Crippen MR) is 154 cm³/mol. The summed E-state index contributed by atoms with van der Waals surface area (Å²) in [5.74, 6) is 2.42. The third-order valence-electron chi connectivity index (χ3n) is 7.69. The number of hydrogen-bond donors (Lipinski definition) is 2. The molecule has 0 bridgehead atoms. The second-order valence-corrected chi connectivity index (χ2v) is 10.3. The summed E-state index contributed by atoms with van der Waals surface area (Å²) < 4.78 is 14.7. The van der Waals surface area contributed by atoms with E-state index in [2.05, 4.69) is 11.5 Å². The Hall–Kier alpha value is -3.84. The van der Waals surface area contributed by atoms with Crippen LogP contribution in [-0.2, 0) is 0 Å². The fraction of sp³-hybridized carbons (Fsp3) is 0.375. The number of aromatic nitrogens is 2. The summed E-state index contributed by atoms with van der Waals surface area (Å²) in [6.07, 6.45) is 7.79. The third kappa shape index (κ3) is 6.09. The summed E-state index contributed by atoms with van der Waals surface area (Å²) >= 11 is 0. The Kier molecular flexibility index (Phi) is 8.47. The first-order valence-corrected chi connectivity index (χ1v) is 14.0. The summed E-state index contributed by atoms with van der Waals surface area (Å²) in [6.45, 7) is 3.41. The Labute approximate surface area is 229 Å². The van der Waals surface area contributed by atoms with Crippen molar-refractivity contribution in [2.45, 2.75) is 57.9 Å². The molecule has 1 heterocycles. The fourth-order valence-corrected chi connectivity index (χ4v) is 5.45. The molecule has 4 aromatic rings. The lowest BCUT2D eigenvalue weighted by atomic mass is 9.95. The molecule has 1 aliphatic rings. The molecule has 3 N–H and O–H groups in total. The van der Waals surface area contributed by atoms with E-state index in [4.69, 9.17) is 20.2 Å². The Morgan fingerprint density at radius 1 is 1.05 bits per heavy atom. The molecular formula is C32H37N3O4. The van der Waals surface area contributed by atoms with Gasteiger partial charge in [-0.25, -0.2) is 9.78 Å². The number of para-hydroxylation sites is 2. The smallest absolute Gasteiger partial charge is 0.335 e. The molecule has 5 rings (SSSR count). The maximum Gasteiger partial charge on any atom is 0.335 e. The van der Waals surface area contributed by atoms with Crippen LogP contribution in [0.5, 0.6) is 17.2 Å². The molecule has 1 atom stereocenters. The summed E-state index contributed by atoms with van der Waals surface area (Å²) in [7, 11) is 0. The van der Waals surface area contributed by atoms with Gasteiger partial charge >= 0.3 is 5.97 Å². The number of fused-ring (bicyclic) bond motifs is 1. The average Bonchev–Trinajstić information content (AvgIpc) is 3.35. The fourth-order valence-electron chi connectivity index (χ4n) is 5.45. The predicted octanol–water partition coefficient (Wildman–Crippen LogP) is 7.45. The highest BCUT2D eigenvalue weighted by Gasteiger charge is 2.23. The molecule has 1 unspecified atom stereocenters. The molecule has 204 valence electrons. The van der Waals surface area contributed by atoms with Crippen LogP contribution < -0.4 is 15.2 Å². The van der Waals surface area contributed by atoms with Crippen LogP contribution in [0.2, 0.25) is 0 Å². The van der Waals surface area contributed by atoms with Crippen LogP contribution in [-0.4, -0.2) is 33.8 Å². The first kappa shape index (κ1) is 26.8. The van der Waals surface area contributed by atoms with Crippen LogP contribution in [0.1, 0.15) is 68.3 Å². The Balaban J connectivity index is 1.41. The number of aromatic carboxylic acids is 1. The van der Waals surface area contributed by atoms with Gasteiger partial charge in [0.25, 0.3) is 0 Å². The number of nitrogens with zero attached hydrogens (tertiary/aromatic N) is 2. The molecule has 0 amide bonds. The summed E-state index contributed by atoms with van der Waals surface area (Å²) in [4.78, 5) is 16.5. The van der Waals surface area contributed by atoms with E-state index in [1.54, 1.807) is 12.1 Å². The lowest BCUT2D eigenvalue weighted by molar-refractivity contribution is 0.0697. The molecule has 0 saturated heterocycles. The van der Waals surface area contributed by atoms with E-state index < -0.39 is 5.97 Å². The van der Waals surface area contributed by atoms with Gasteiger partial charge in [-0.15, -0.1) is 0 Å². The van der Waals surface area contributed by atoms with Gasteiger partial charge in [0.1, 0.15) is 11.6 Å². The molecule has 1 aromatic heterocycles. The summed E-state index contributed by atoms with van der Waals surface area (Å²) in [6, 6.07) is 21.2. The second-order valence-electron chi connectivity index (χ2n) is 10.3. The minimum Gasteiger partial charge on any atom is -0.489 e. The van der Waals surface area contributed by atoms with E-state index >= 15 is 0 Å². The second kappa shape index (κ2) is 12.3. The van der Waals surface area contributed by atoms with Crippen LogP contribution >= 0.6 is 0 Å². The standard InChI is InChI=1S/C32H37N3O4/c1-2-22(18-19-33)21-38-29-10-6-7-11-30(29)39-26-15-12-23(13-16-26)31-34-27-20-24(32(36)37)14-17-28(27)35(31)25-8-4-3-5-9-25/h6-7,10-17,20,22,25H,2-5,8-9,18-19,21,33H2,1H3,(H,36,37). The molecule has 1 fully saturated rings. The molecule has 0 spiro atoms. The maximum atomic E-state index is 11.6. The number of nitrogens with two attached hydrogens (primary N) is 1. The summed E-state index contributed by atoms with van der Waals surface area (Å²) in [5, 5.41) is 9.49. The largest absolute Gasteiger partial charge is 0.489 e. The molecule has 0 radical (unpaired) electrons. The first-order chi connectivity index (χ1) is 19.1. The van der Waals surface area contributed by atoms with Gasteiger partial charge in [-0.3, -0.25) is 0 Å². The number of imidazole rings is 1. The summed E-state index contributed by atoms with van der Waals surface area (Å²) in [5.41, 5.74) is 8.65. The molecular weight excluding hydrogens is 490 g/mol. The van der Waals surface area contributed by atoms with Crippen molar-refractivity contribution < 1.29 is 19.4 Å². The van der Waals surface area contributed by atoms with Gasteiger partial charge in [0.05, 0.1) is 23.2 Å². The van der Waals surface area contributed by atoms with E-state index in [0.29, 0.717) is 47.9 Å². The quantitative estimate of drug-likeness (QED) is 0.210. The van der Waals surface area contributed by atoms with E-state index in [-0.39, 0.29) is 5.56 Å². The van der Waals surface area contributed by atoms with Crippen molar-refractivity contribution in [2.24, 2.45) is 11.7 Å². The number of ether oxygens (including phenoxy) is 2. The molecule has 1 aliphatic carbocycles. The molecule has 7 heteroatoms. The van der Waals surface area contributed by atoms with E-state index in [0.717, 1.165) is 42.6 Å². The molecule has 0 aliphatic heterocycles. The Morgan fingerprint density at radius 2 is 1.79 bits per heavy atom. The van der Waals surface area contributed by atoms with Gasteiger partial charge in [-0.2, -0.15) is 0 Å². The van der Waals surface area contributed by atoms with Gasteiger partial charge in [-0.05, 0) is 86.3 Å². The highest BCUT2D eigenvalue weighted by Crippen LogP contribution is 2.37. The number of carboxylic acid groups (broad SMARTS) is 1. The lowest BCUT2D eigenvalue weighted by Gasteiger charge is -2.25. The van der Waals surface area contributed by atoms with Crippen LogP contribution in [0.4, 0.5) is 0 Å². The van der Waals surface area contributed by atoms with Crippen molar-refractivity contribution in [3.05, 3.63) is 72.3 Å². The van der Waals surface area contributed by atoms with Crippen molar-refractivity contribution in [3.63, 3.8) is 0 Å². The molecule has 1 saturated carbocycles. The van der Waals surface area contributed by atoms with Crippen LogP contribution in [0.3, 0.4) is 0 Å². The minimum absolute atomic E-state index is 0.250. The van der Waals surface area contributed by atoms with Crippen molar-refractivity contribution in [2.75, 3.05) is 13.2 Å². The number of carbonyl (C=O) groups is 1. The van der Waals surface area contributed by atoms with Gasteiger partial charge in [0.2, 0.25) is 0 Å². The van der Waals surface area contributed by atoms with Gasteiger partial charge in [-0.1, -0.05) is 44.7 Å². The monoisotopic (exact) mass is 527 g/mol. The van der Waals surface area contributed by atoms with Crippen LogP contribution in [0.25, 0.3) is 22.4 Å². The Morgan fingerprint density at radius 3 is 2.49 bits per heavy atom. The van der Waals surface area contributed by atoms with Crippen LogP contribution in [0, 0.1) is 5.92 Å². The van der Waals surface area contributed by atoms with Gasteiger partial charge in [0.15, 0.2) is 11.5 Å². The zero-order valence-electron chi connectivity index (χ0n) is 22.5. The number of hydrogen-bond acceptors (Lipinski definition) is 5. The van der Waals surface area contributed by atoms with Crippen molar-refractivity contribution >= 4 is 17.0 Å². The zero-order valence-corrected chi connectivity index (χ0v) is 22.5. The van der Waals surface area contributed by atoms with E-state index in [1.807, 2.05) is 54.6 Å². The van der Waals surface area contributed by atoms with Crippen molar-refractivity contribution in [1.82, 2.24) is 9.55 Å². The molecule has 3 aromatic carbocycles. The first-order valence-electron chi connectivity index (χ1n) is 14.0. The SMILES string of the molecule is CCC(CCN)COc1ccccc1Oc1ccc(-c2nc3cc(C(=O)O)ccc3n2C2CCCCC2)cc1. The normalized spacial score (nSPS) is 14.8. The zero-order chi connectivity index (χ0) is 27.2. The number of benzene rings is 3. The minimum atomic E-state index is -0.943. The van der Waals surface area contributed by atoms with Gasteiger partial charge < -0.3 is 24.9 Å².